The molecule has 3 heterocycles. The van der Waals surface area contributed by atoms with E-state index in [-0.39, 0.29) is 12.3 Å². The molecule has 0 saturated carbocycles. The summed E-state index contributed by atoms with van der Waals surface area (Å²) in [6.07, 6.45) is 3.69. The SMILES string of the molecule is Cc1nn(-c2ccccc2)c2sc(C(=O)CN=Cc3cn(-c4ccccc4)nc3-c3ccccc3)cc12. The molecule has 0 N–H and O–H groups in total. The number of aromatic nitrogens is 4. The number of fused-ring (bicyclic) bond motifs is 1. The van der Waals surface area contributed by atoms with Gasteiger partial charge in [0.1, 0.15) is 17.1 Å². The third kappa shape index (κ3) is 4.52. The monoisotopic (exact) mass is 501 g/mol. The first kappa shape index (κ1) is 22.8. The minimum absolute atomic E-state index is 0.0202. The van der Waals surface area contributed by atoms with Crippen LogP contribution in [0.1, 0.15) is 20.9 Å². The van der Waals surface area contributed by atoms with E-state index < -0.39 is 0 Å². The molecule has 0 aliphatic carbocycles. The van der Waals surface area contributed by atoms with Gasteiger partial charge < -0.3 is 0 Å². The second kappa shape index (κ2) is 9.79. The van der Waals surface area contributed by atoms with E-state index in [2.05, 4.69) is 10.1 Å². The lowest BCUT2D eigenvalue weighted by Crippen LogP contribution is -2.01. The van der Waals surface area contributed by atoms with E-state index in [0.29, 0.717) is 4.88 Å². The van der Waals surface area contributed by atoms with Crippen molar-refractivity contribution in [3.05, 3.63) is 119 Å². The molecule has 37 heavy (non-hydrogen) atoms. The number of ketones is 1. The molecule has 0 saturated heterocycles. The van der Waals surface area contributed by atoms with Crippen molar-refractivity contribution in [2.45, 2.75) is 6.92 Å². The van der Waals surface area contributed by atoms with Gasteiger partial charge in [-0.2, -0.15) is 10.2 Å². The van der Waals surface area contributed by atoms with Crippen molar-refractivity contribution in [2.24, 2.45) is 4.99 Å². The van der Waals surface area contributed by atoms with Gasteiger partial charge in [-0.1, -0.05) is 66.7 Å². The van der Waals surface area contributed by atoms with Crippen molar-refractivity contribution >= 4 is 33.6 Å². The van der Waals surface area contributed by atoms with Gasteiger partial charge in [-0.15, -0.1) is 11.3 Å². The maximum absolute atomic E-state index is 13.1. The van der Waals surface area contributed by atoms with E-state index in [9.17, 15) is 4.79 Å². The molecule has 6 aromatic rings. The zero-order valence-electron chi connectivity index (χ0n) is 20.2. The van der Waals surface area contributed by atoms with Crippen molar-refractivity contribution in [1.29, 1.82) is 0 Å². The average molecular weight is 502 g/mol. The predicted molar refractivity (Wildman–Crippen MR) is 149 cm³/mol. The molecular weight excluding hydrogens is 478 g/mol. The molecule has 0 aliphatic rings. The Morgan fingerprint density at radius 1 is 0.892 bits per heavy atom. The maximum Gasteiger partial charge on any atom is 0.194 e. The lowest BCUT2D eigenvalue weighted by molar-refractivity contribution is 0.101. The predicted octanol–water partition coefficient (Wildman–Crippen LogP) is 6.55. The molecule has 3 aromatic heterocycles. The molecule has 0 unspecified atom stereocenters. The van der Waals surface area contributed by atoms with E-state index in [1.54, 1.807) is 6.21 Å². The quantitative estimate of drug-likeness (QED) is 0.184. The number of carbonyl (C=O) groups excluding carboxylic acids is 1. The Morgan fingerprint density at radius 2 is 1.54 bits per heavy atom. The van der Waals surface area contributed by atoms with Gasteiger partial charge in [0.15, 0.2) is 5.78 Å². The van der Waals surface area contributed by atoms with E-state index in [1.807, 2.05) is 120 Å². The zero-order valence-corrected chi connectivity index (χ0v) is 21.0. The molecule has 0 fully saturated rings. The summed E-state index contributed by atoms with van der Waals surface area (Å²) in [5.74, 6) is -0.0202. The highest BCUT2D eigenvalue weighted by Crippen LogP contribution is 2.30. The summed E-state index contributed by atoms with van der Waals surface area (Å²) in [7, 11) is 0. The molecule has 7 heteroatoms. The van der Waals surface area contributed by atoms with Crippen LogP contribution < -0.4 is 0 Å². The molecule has 0 amide bonds. The second-order valence-electron chi connectivity index (χ2n) is 8.63. The van der Waals surface area contributed by atoms with Crippen LogP contribution in [0.25, 0.3) is 32.8 Å². The third-order valence-corrected chi connectivity index (χ3v) is 7.25. The van der Waals surface area contributed by atoms with Crippen molar-refractivity contribution in [3.63, 3.8) is 0 Å². The van der Waals surface area contributed by atoms with Crippen LogP contribution in [0, 0.1) is 6.92 Å². The van der Waals surface area contributed by atoms with Crippen LogP contribution in [0.5, 0.6) is 0 Å². The fourth-order valence-corrected chi connectivity index (χ4v) is 5.36. The molecular formula is C30H23N5OS. The molecule has 0 bridgehead atoms. The summed E-state index contributed by atoms with van der Waals surface area (Å²) in [5, 5.41) is 10.5. The van der Waals surface area contributed by atoms with Crippen LogP contribution in [0.15, 0.2) is 108 Å². The normalized spacial score (nSPS) is 11.5. The van der Waals surface area contributed by atoms with Crippen molar-refractivity contribution < 1.29 is 4.79 Å². The molecule has 0 spiro atoms. The molecule has 0 radical (unpaired) electrons. The second-order valence-corrected chi connectivity index (χ2v) is 9.67. The number of thiophene rings is 1. The van der Waals surface area contributed by atoms with E-state index in [4.69, 9.17) is 5.10 Å². The Balaban J connectivity index is 1.27. The Hall–Kier alpha value is -4.62. The fourth-order valence-electron chi connectivity index (χ4n) is 4.25. The van der Waals surface area contributed by atoms with Gasteiger partial charge in [0.25, 0.3) is 0 Å². The minimum atomic E-state index is -0.0202. The minimum Gasteiger partial charge on any atom is -0.291 e. The van der Waals surface area contributed by atoms with Gasteiger partial charge in [-0.25, -0.2) is 9.36 Å². The van der Waals surface area contributed by atoms with Gasteiger partial charge in [0.05, 0.1) is 21.9 Å². The lowest BCUT2D eigenvalue weighted by Gasteiger charge is -2.01. The Bertz CT molecular complexity index is 1710. The van der Waals surface area contributed by atoms with Crippen LogP contribution >= 0.6 is 11.3 Å². The molecule has 6 nitrogen and oxygen atoms in total. The van der Waals surface area contributed by atoms with Crippen LogP contribution in [-0.4, -0.2) is 38.1 Å². The standard InChI is InChI=1S/C30H23N5OS/c1-21-26-17-28(37-30(26)35(32-21)25-15-9-4-10-16-25)27(36)19-31-18-23-20-34(24-13-7-3-8-14-24)33-29(23)22-11-5-2-6-12-22/h2-18,20H,19H2,1H3. The summed E-state index contributed by atoms with van der Waals surface area (Å²) in [6, 6.07) is 31.9. The number of aliphatic imine (C=N–C) groups is 1. The van der Waals surface area contributed by atoms with Gasteiger partial charge >= 0.3 is 0 Å². The van der Waals surface area contributed by atoms with E-state index in [1.165, 1.54) is 11.3 Å². The number of rotatable bonds is 7. The van der Waals surface area contributed by atoms with Crippen LogP contribution in [0.2, 0.25) is 0 Å². The number of para-hydroxylation sites is 2. The highest BCUT2D eigenvalue weighted by Gasteiger charge is 2.17. The molecule has 3 aromatic carbocycles. The van der Waals surface area contributed by atoms with Gasteiger partial charge in [0.2, 0.25) is 0 Å². The van der Waals surface area contributed by atoms with Gasteiger partial charge in [0, 0.05) is 28.9 Å². The Kier molecular flexibility index (Phi) is 6.04. The third-order valence-electron chi connectivity index (χ3n) is 6.10. The van der Waals surface area contributed by atoms with Crippen LogP contribution in [0.3, 0.4) is 0 Å². The maximum atomic E-state index is 13.1. The highest BCUT2D eigenvalue weighted by atomic mass is 32.1. The summed E-state index contributed by atoms with van der Waals surface area (Å²) >= 11 is 1.46. The first-order valence-electron chi connectivity index (χ1n) is 12.0. The lowest BCUT2D eigenvalue weighted by atomic mass is 10.1. The fraction of sp³-hybridized carbons (Fsp3) is 0.0667. The number of benzene rings is 3. The number of hydrogen-bond donors (Lipinski definition) is 0. The molecule has 6 rings (SSSR count). The number of Topliss-reactive ketones (excluding diaryl/α,β-unsaturated/α-hetero) is 1. The van der Waals surface area contributed by atoms with E-state index in [0.717, 1.165) is 44.1 Å². The van der Waals surface area contributed by atoms with Crippen molar-refractivity contribution in [1.82, 2.24) is 19.6 Å². The number of nitrogens with zero attached hydrogens (tertiary/aromatic N) is 5. The topological polar surface area (TPSA) is 65.1 Å². The van der Waals surface area contributed by atoms with Crippen LogP contribution in [0.4, 0.5) is 0 Å². The van der Waals surface area contributed by atoms with Gasteiger partial charge in [-0.05, 0) is 37.3 Å². The van der Waals surface area contributed by atoms with Gasteiger partial charge in [-0.3, -0.25) is 9.79 Å². The summed E-state index contributed by atoms with van der Waals surface area (Å²) < 4.78 is 3.75. The Labute approximate surface area is 218 Å². The molecule has 0 atom stereocenters. The molecule has 180 valence electrons. The number of aryl methyl sites for hydroxylation is 1. The van der Waals surface area contributed by atoms with Crippen molar-refractivity contribution in [3.8, 4) is 22.6 Å². The first-order valence-corrected chi connectivity index (χ1v) is 12.8. The Morgan fingerprint density at radius 3 is 2.24 bits per heavy atom. The number of hydrogen-bond acceptors (Lipinski definition) is 5. The van der Waals surface area contributed by atoms with E-state index >= 15 is 0 Å². The summed E-state index contributed by atoms with van der Waals surface area (Å²) in [6.45, 7) is 2.03. The largest absolute Gasteiger partial charge is 0.291 e. The zero-order chi connectivity index (χ0) is 25.2. The number of carbonyl (C=O) groups is 1. The van der Waals surface area contributed by atoms with Crippen LogP contribution in [-0.2, 0) is 0 Å². The average Bonchev–Trinajstić information content (AvgIpc) is 3.65. The highest BCUT2D eigenvalue weighted by molar-refractivity contribution is 7.20. The summed E-state index contributed by atoms with van der Waals surface area (Å²) in [4.78, 5) is 19.3. The molecule has 0 aliphatic heterocycles. The smallest absolute Gasteiger partial charge is 0.194 e. The summed E-state index contributed by atoms with van der Waals surface area (Å²) in [5.41, 5.74) is 5.51. The first-order chi connectivity index (χ1) is 18.2. The van der Waals surface area contributed by atoms with Crippen molar-refractivity contribution in [2.75, 3.05) is 6.54 Å².